The number of nitrogens with one attached hydrogen (secondary N) is 1. The minimum absolute atomic E-state index is 0.0930. The minimum Gasteiger partial charge on any atom is -0.343 e. The van der Waals surface area contributed by atoms with Crippen LogP contribution in [0.5, 0.6) is 0 Å². The number of nitrogens with zero attached hydrogens (tertiary/aromatic N) is 1. The van der Waals surface area contributed by atoms with Gasteiger partial charge in [0.1, 0.15) is 0 Å². The number of unbranched alkanes of at least 4 members (excludes halogenated alkanes) is 3. The van der Waals surface area contributed by atoms with Crippen LogP contribution >= 0.6 is 0 Å². The maximum atomic E-state index is 11.2. The van der Waals surface area contributed by atoms with Crippen LogP contribution < -0.4 is 5.32 Å². The Hall–Kier alpha value is -0.830. The topological polar surface area (TPSA) is 32.3 Å². The van der Waals surface area contributed by atoms with Crippen molar-refractivity contribution in [2.75, 3.05) is 20.8 Å². The van der Waals surface area contributed by atoms with Gasteiger partial charge in [-0.05, 0) is 26.9 Å². The molecule has 0 rings (SSSR count). The predicted molar refractivity (Wildman–Crippen MR) is 64.6 cm³/mol. The van der Waals surface area contributed by atoms with Crippen molar-refractivity contribution in [2.24, 2.45) is 0 Å². The third-order valence-corrected chi connectivity index (χ3v) is 2.04. The fraction of sp³-hybridized carbons (Fsp3) is 0.750. The van der Waals surface area contributed by atoms with Gasteiger partial charge in [0.2, 0.25) is 5.91 Å². The summed E-state index contributed by atoms with van der Waals surface area (Å²) < 4.78 is 0. The van der Waals surface area contributed by atoms with E-state index in [1.54, 1.807) is 0 Å². The Labute approximate surface area is 93.5 Å². The molecule has 15 heavy (non-hydrogen) atoms. The highest BCUT2D eigenvalue weighted by Crippen LogP contribution is 1.99. The molecule has 0 saturated carbocycles. The summed E-state index contributed by atoms with van der Waals surface area (Å²) in [7, 11) is 3.86. The molecule has 0 aromatic heterocycles. The van der Waals surface area contributed by atoms with Crippen LogP contribution in [0.4, 0.5) is 0 Å². The van der Waals surface area contributed by atoms with Gasteiger partial charge in [-0.15, -0.1) is 0 Å². The fourth-order valence-electron chi connectivity index (χ4n) is 1.14. The van der Waals surface area contributed by atoms with Crippen molar-refractivity contribution >= 4 is 5.91 Å². The lowest BCUT2D eigenvalue weighted by atomic mass is 10.2. The van der Waals surface area contributed by atoms with Crippen LogP contribution in [-0.4, -0.2) is 31.6 Å². The zero-order valence-corrected chi connectivity index (χ0v) is 10.3. The van der Waals surface area contributed by atoms with Crippen LogP contribution in [0.1, 0.15) is 39.0 Å². The van der Waals surface area contributed by atoms with Gasteiger partial charge in [0.15, 0.2) is 0 Å². The monoisotopic (exact) mass is 212 g/mol. The zero-order valence-electron chi connectivity index (χ0n) is 10.3. The molecule has 0 aromatic carbocycles. The number of hydrogen-bond acceptors (Lipinski definition) is 2. The molecule has 3 nitrogen and oxygen atoms in total. The van der Waals surface area contributed by atoms with Gasteiger partial charge in [-0.2, -0.15) is 0 Å². The standard InChI is InChI=1S/C12H24N2O/c1-4-5-6-7-8-9-10-12(15)13-11-14(2)3/h8-9H,4-7,10-11H2,1-3H3,(H,13,15)/b9-8+. The quantitative estimate of drug-likeness (QED) is 0.380. The van der Waals surface area contributed by atoms with Gasteiger partial charge in [0.25, 0.3) is 0 Å². The lowest BCUT2D eigenvalue weighted by molar-refractivity contribution is -0.120. The highest BCUT2D eigenvalue weighted by molar-refractivity contribution is 5.77. The molecule has 1 amide bonds. The molecule has 0 aliphatic carbocycles. The smallest absolute Gasteiger partial charge is 0.224 e. The lowest BCUT2D eigenvalue weighted by Crippen LogP contribution is -2.32. The molecule has 0 aliphatic heterocycles. The largest absolute Gasteiger partial charge is 0.343 e. The molecule has 0 spiro atoms. The molecule has 0 aliphatic rings. The molecule has 0 saturated heterocycles. The number of carbonyl (C=O) groups is 1. The summed E-state index contributed by atoms with van der Waals surface area (Å²) in [5, 5.41) is 2.82. The average Bonchev–Trinajstić information content (AvgIpc) is 2.20. The van der Waals surface area contributed by atoms with Gasteiger partial charge in [-0.3, -0.25) is 9.69 Å². The third-order valence-electron chi connectivity index (χ3n) is 2.04. The van der Waals surface area contributed by atoms with Crippen LogP contribution in [0.15, 0.2) is 12.2 Å². The molecule has 0 fully saturated rings. The summed E-state index contributed by atoms with van der Waals surface area (Å²) in [6.07, 6.45) is 9.40. The summed E-state index contributed by atoms with van der Waals surface area (Å²) in [5.74, 6) is 0.0930. The van der Waals surface area contributed by atoms with Crippen molar-refractivity contribution in [1.29, 1.82) is 0 Å². The van der Waals surface area contributed by atoms with Crippen molar-refractivity contribution in [3.8, 4) is 0 Å². The molecular weight excluding hydrogens is 188 g/mol. The summed E-state index contributed by atoms with van der Waals surface area (Å²) in [5.41, 5.74) is 0. The summed E-state index contributed by atoms with van der Waals surface area (Å²) in [6.45, 7) is 2.81. The number of carbonyl (C=O) groups excluding carboxylic acids is 1. The normalized spacial score (nSPS) is 11.2. The Morgan fingerprint density at radius 3 is 2.60 bits per heavy atom. The SMILES string of the molecule is CCCCC/C=C/CC(=O)NCN(C)C. The van der Waals surface area contributed by atoms with Crippen molar-refractivity contribution in [2.45, 2.75) is 39.0 Å². The van der Waals surface area contributed by atoms with E-state index in [9.17, 15) is 4.79 Å². The second-order valence-electron chi connectivity index (χ2n) is 4.01. The van der Waals surface area contributed by atoms with Gasteiger partial charge in [0, 0.05) is 6.42 Å². The van der Waals surface area contributed by atoms with Crippen molar-refractivity contribution < 1.29 is 4.79 Å². The summed E-state index contributed by atoms with van der Waals surface area (Å²) in [6, 6.07) is 0. The molecule has 0 aromatic rings. The zero-order chi connectivity index (χ0) is 11.5. The van der Waals surface area contributed by atoms with Gasteiger partial charge < -0.3 is 5.32 Å². The minimum atomic E-state index is 0.0930. The van der Waals surface area contributed by atoms with Crippen LogP contribution in [0.25, 0.3) is 0 Å². The highest BCUT2D eigenvalue weighted by Gasteiger charge is 1.96. The van der Waals surface area contributed by atoms with Crippen LogP contribution in [0.3, 0.4) is 0 Å². The van der Waals surface area contributed by atoms with E-state index in [4.69, 9.17) is 0 Å². The Bertz CT molecular complexity index is 188. The molecule has 0 radical (unpaired) electrons. The van der Waals surface area contributed by atoms with E-state index in [0.717, 1.165) is 6.42 Å². The molecule has 0 heterocycles. The summed E-state index contributed by atoms with van der Waals surface area (Å²) in [4.78, 5) is 13.2. The van der Waals surface area contributed by atoms with Gasteiger partial charge in [-0.25, -0.2) is 0 Å². The predicted octanol–water partition coefficient (Wildman–Crippen LogP) is 2.15. The lowest BCUT2D eigenvalue weighted by Gasteiger charge is -2.09. The second-order valence-corrected chi connectivity index (χ2v) is 4.01. The van der Waals surface area contributed by atoms with E-state index >= 15 is 0 Å². The van der Waals surface area contributed by atoms with E-state index in [0.29, 0.717) is 13.1 Å². The Morgan fingerprint density at radius 1 is 1.27 bits per heavy atom. The highest BCUT2D eigenvalue weighted by atomic mass is 16.1. The number of rotatable bonds is 8. The Kier molecular flexibility index (Phi) is 9.18. The average molecular weight is 212 g/mol. The van der Waals surface area contributed by atoms with E-state index in [1.807, 2.05) is 25.1 Å². The van der Waals surface area contributed by atoms with Crippen LogP contribution in [0.2, 0.25) is 0 Å². The molecule has 1 N–H and O–H groups in total. The fourth-order valence-corrected chi connectivity index (χ4v) is 1.14. The molecule has 0 bridgehead atoms. The Morgan fingerprint density at radius 2 is 2.00 bits per heavy atom. The van der Waals surface area contributed by atoms with Crippen LogP contribution in [0, 0.1) is 0 Å². The van der Waals surface area contributed by atoms with Gasteiger partial charge in [-0.1, -0.05) is 31.9 Å². The first-order valence-electron chi connectivity index (χ1n) is 5.73. The van der Waals surface area contributed by atoms with E-state index < -0.39 is 0 Å². The molecule has 0 unspecified atom stereocenters. The first kappa shape index (κ1) is 14.2. The second kappa shape index (κ2) is 9.71. The maximum Gasteiger partial charge on any atom is 0.224 e. The maximum absolute atomic E-state index is 11.2. The number of amides is 1. The molecule has 88 valence electrons. The molecular formula is C12H24N2O. The third kappa shape index (κ3) is 11.1. The van der Waals surface area contributed by atoms with E-state index in [-0.39, 0.29) is 5.91 Å². The first-order valence-corrected chi connectivity index (χ1v) is 5.73. The van der Waals surface area contributed by atoms with Gasteiger partial charge >= 0.3 is 0 Å². The molecule has 3 heteroatoms. The summed E-state index contributed by atoms with van der Waals surface area (Å²) >= 11 is 0. The van der Waals surface area contributed by atoms with Crippen molar-refractivity contribution in [3.63, 3.8) is 0 Å². The Balaban J connectivity index is 3.36. The van der Waals surface area contributed by atoms with Crippen molar-refractivity contribution in [1.82, 2.24) is 10.2 Å². The molecule has 0 atom stereocenters. The van der Waals surface area contributed by atoms with Crippen molar-refractivity contribution in [3.05, 3.63) is 12.2 Å². The van der Waals surface area contributed by atoms with Gasteiger partial charge in [0.05, 0.1) is 6.67 Å². The van der Waals surface area contributed by atoms with Crippen LogP contribution in [-0.2, 0) is 4.79 Å². The first-order chi connectivity index (χ1) is 7.16. The number of allylic oxidation sites excluding steroid dienone is 1. The number of hydrogen-bond donors (Lipinski definition) is 1. The van der Waals surface area contributed by atoms with E-state index in [1.165, 1.54) is 19.3 Å². The van der Waals surface area contributed by atoms with E-state index in [2.05, 4.69) is 18.3 Å².